The number of benzene rings is 1. The second-order valence-electron chi connectivity index (χ2n) is 5.21. The van der Waals surface area contributed by atoms with Crippen molar-refractivity contribution in [1.29, 1.82) is 0 Å². The SMILES string of the molecule is COC1CC(Nc2cc(F)ccc2N)C1(C)C. The molecule has 2 unspecified atom stereocenters. The highest BCUT2D eigenvalue weighted by Gasteiger charge is 2.48. The van der Waals surface area contributed by atoms with Gasteiger partial charge in [0.05, 0.1) is 17.5 Å². The molecule has 0 saturated heterocycles. The minimum absolute atomic E-state index is 0.0352. The van der Waals surface area contributed by atoms with E-state index in [0.29, 0.717) is 11.4 Å². The second kappa shape index (κ2) is 4.18. The summed E-state index contributed by atoms with van der Waals surface area (Å²) in [5.74, 6) is -0.276. The van der Waals surface area contributed by atoms with Crippen LogP contribution in [-0.2, 0) is 4.74 Å². The standard InChI is InChI=1S/C13H19FN2O/c1-13(2)11(7-12(13)17-3)16-10-6-8(14)4-5-9(10)15/h4-6,11-12,16H,7,15H2,1-3H3. The van der Waals surface area contributed by atoms with Crippen LogP contribution in [0.5, 0.6) is 0 Å². The maximum atomic E-state index is 13.1. The van der Waals surface area contributed by atoms with Crippen LogP contribution in [-0.4, -0.2) is 19.3 Å². The van der Waals surface area contributed by atoms with Crippen molar-refractivity contribution < 1.29 is 9.13 Å². The van der Waals surface area contributed by atoms with Gasteiger partial charge in [0.1, 0.15) is 5.82 Å². The van der Waals surface area contributed by atoms with Crippen molar-refractivity contribution >= 4 is 11.4 Å². The summed E-state index contributed by atoms with van der Waals surface area (Å²) in [5.41, 5.74) is 7.08. The van der Waals surface area contributed by atoms with Crippen LogP contribution in [0.2, 0.25) is 0 Å². The van der Waals surface area contributed by atoms with Crippen molar-refractivity contribution in [2.75, 3.05) is 18.2 Å². The van der Waals surface area contributed by atoms with E-state index in [1.165, 1.54) is 12.1 Å². The lowest BCUT2D eigenvalue weighted by atomic mass is 9.64. The molecular weight excluding hydrogens is 219 g/mol. The van der Waals surface area contributed by atoms with Crippen molar-refractivity contribution in [3.63, 3.8) is 0 Å². The molecule has 1 aromatic carbocycles. The lowest BCUT2D eigenvalue weighted by molar-refractivity contribution is -0.0794. The van der Waals surface area contributed by atoms with Gasteiger partial charge in [0, 0.05) is 18.6 Å². The molecule has 1 fully saturated rings. The number of nitrogen functional groups attached to an aromatic ring is 1. The summed E-state index contributed by atoms with van der Waals surface area (Å²) < 4.78 is 18.5. The summed E-state index contributed by atoms with van der Waals surface area (Å²) in [6.45, 7) is 4.27. The fourth-order valence-electron chi connectivity index (χ4n) is 2.37. The molecule has 2 atom stereocenters. The van der Waals surface area contributed by atoms with Crippen molar-refractivity contribution in [3.8, 4) is 0 Å². The number of nitrogens with one attached hydrogen (secondary N) is 1. The number of methoxy groups -OCH3 is 1. The molecule has 94 valence electrons. The molecule has 17 heavy (non-hydrogen) atoms. The highest BCUT2D eigenvalue weighted by atomic mass is 19.1. The van der Waals surface area contributed by atoms with E-state index in [9.17, 15) is 4.39 Å². The van der Waals surface area contributed by atoms with E-state index in [1.807, 2.05) is 0 Å². The Balaban J connectivity index is 2.10. The van der Waals surface area contributed by atoms with Gasteiger partial charge in [0.25, 0.3) is 0 Å². The molecule has 0 amide bonds. The molecule has 1 aliphatic rings. The molecule has 0 aromatic heterocycles. The van der Waals surface area contributed by atoms with E-state index in [-0.39, 0.29) is 23.4 Å². The Labute approximate surface area is 101 Å². The quantitative estimate of drug-likeness (QED) is 0.796. The Morgan fingerprint density at radius 1 is 1.47 bits per heavy atom. The van der Waals surface area contributed by atoms with Crippen LogP contribution in [0.15, 0.2) is 18.2 Å². The molecule has 3 N–H and O–H groups in total. The van der Waals surface area contributed by atoms with Crippen LogP contribution < -0.4 is 11.1 Å². The Kier molecular flexibility index (Phi) is 3.00. The number of rotatable bonds is 3. The van der Waals surface area contributed by atoms with Gasteiger partial charge in [-0.1, -0.05) is 13.8 Å². The van der Waals surface area contributed by atoms with E-state index in [0.717, 1.165) is 6.42 Å². The molecular formula is C13H19FN2O. The summed E-state index contributed by atoms with van der Waals surface area (Å²) in [6, 6.07) is 4.64. The molecule has 1 aromatic rings. The molecule has 0 radical (unpaired) electrons. The van der Waals surface area contributed by atoms with Crippen LogP contribution in [0.25, 0.3) is 0 Å². The third kappa shape index (κ3) is 2.09. The van der Waals surface area contributed by atoms with Crippen molar-refractivity contribution in [1.82, 2.24) is 0 Å². The monoisotopic (exact) mass is 238 g/mol. The number of anilines is 2. The third-order valence-electron chi connectivity index (χ3n) is 3.81. The molecule has 1 aliphatic carbocycles. The topological polar surface area (TPSA) is 47.3 Å². The molecule has 2 rings (SSSR count). The maximum absolute atomic E-state index is 13.1. The van der Waals surface area contributed by atoms with E-state index < -0.39 is 0 Å². The van der Waals surface area contributed by atoms with Crippen molar-refractivity contribution in [2.45, 2.75) is 32.4 Å². The lowest BCUT2D eigenvalue weighted by Crippen LogP contribution is -2.57. The van der Waals surface area contributed by atoms with Gasteiger partial charge in [-0.05, 0) is 24.6 Å². The Bertz CT molecular complexity index is 420. The maximum Gasteiger partial charge on any atom is 0.125 e. The van der Waals surface area contributed by atoms with Crippen LogP contribution >= 0.6 is 0 Å². The lowest BCUT2D eigenvalue weighted by Gasteiger charge is -2.51. The number of ether oxygens (including phenoxy) is 1. The molecule has 0 heterocycles. The van der Waals surface area contributed by atoms with Crippen LogP contribution in [0.4, 0.5) is 15.8 Å². The first-order valence-electron chi connectivity index (χ1n) is 5.79. The molecule has 0 spiro atoms. The third-order valence-corrected chi connectivity index (χ3v) is 3.81. The van der Waals surface area contributed by atoms with E-state index in [4.69, 9.17) is 10.5 Å². The largest absolute Gasteiger partial charge is 0.397 e. The summed E-state index contributed by atoms with van der Waals surface area (Å²) in [4.78, 5) is 0. The van der Waals surface area contributed by atoms with Crippen molar-refractivity contribution in [3.05, 3.63) is 24.0 Å². The molecule has 1 saturated carbocycles. The second-order valence-corrected chi connectivity index (χ2v) is 5.21. The fraction of sp³-hybridized carbons (Fsp3) is 0.538. The van der Waals surface area contributed by atoms with E-state index in [2.05, 4.69) is 19.2 Å². The highest BCUT2D eigenvalue weighted by Crippen LogP contribution is 2.44. The zero-order valence-electron chi connectivity index (χ0n) is 10.5. The Morgan fingerprint density at radius 2 is 2.18 bits per heavy atom. The summed E-state index contributed by atoms with van der Waals surface area (Å²) in [7, 11) is 1.72. The fourth-order valence-corrected chi connectivity index (χ4v) is 2.37. The smallest absolute Gasteiger partial charge is 0.125 e. The van der Waals surface area contributed by atoms with Gasteiger partial charge in [0.15, 0.2) is 0 Å². The Morgan fingerprint density at radius 3 is 2.76 bits per heavy atom. The van der Waals surface area contributed by atoms with Crippen LogP contribution in [0, 0.1) is 11.2 Å². The van der Waals surface area contributed by atoms with Gasteiger partial charge in [0.2, 0.25) is 0 Å². The molecule has 0 bridgehead atoms. The zero-order valence-corrected chi connectivity index (χ0v) is 10.5. The first-order valence-corrected chi connectivity index (χ1v) is 5.79. The zero-order chi connectivity index (χ0) is 12.6. The number of nitrogens with two attached hydrogens (primary N) is 1. The van der Waals surface area contributed by atoms with Crippen LogP contribution in [0.3, 0.4) is 0 Å². The normalized spacial score (nSPS) is 26.4. The van der Waals surface area contributed by atoms with E-state index in [1.54, 1.807) is 13.2 Å². The first-order chi connectivity index (χ1) is 7.95. The summed E-state index contributed by atoms with van der Waals surface area (Å²) >= 11 is 0. The summed E-state index contributed by atoms with van der Waals surface area (Å²) in [6.07, 6.45) is 1.16. The summed E-state index contributed by atoms with van der Waals surface area (Å²) in [5, 5.41) is 3.30. The molecule has 0 aliphatic heterocycles. The van der Waals surface area contributed by atoms with Gasteiger partial charge in [-0.3, -0.25) is 0 Å². The number of hydrogen-bond donors (Lipinski definition) is 2. The first kappa shape index (κ1) is 12.2. The van der Waals surface area contributed by atoms with Gasteiger partial charge in [-0.25, -0.2) is 4.39 Å². The number of hydrogen-bond acceptors (Lipinski definition) is 3. The van der Waals surface area contributed by atoms with Gasteiger partial charge >= 0.3 is 0 Å². The van der Waals surface area contributed by atoms with Crippen LogP contribution in [0.1, 0.15) is 20.3 Å². The van der Waals surface area contributed by atoms with Gasteiger partial charge in [-0.15, -0.1) is 0 Å². The average molecular weight is 238 g/mol. The Hall–Kier alpha value is -1.29. The predicted octanol–water partition coefficient (Wildman–Crippen LogP) is 2.63. The van der Waals surface area contributed by atoms with Crippen molar-refractivity contribution in [2.24, 2.45) is 5.41 Å². The molecule has 3 nitrogen and oxygen atoms in total. The minimum atomic E-state index is -0.276. The molecule has 4 heteroatoms. The highest BCUT2D eigenvalue weighted by molar-refractivity contribution is 5.66. The van der Waals surface area contributed by atoms with Gasteiger partial charge < -0.3 is 15.8 Å². The van der Waals surface area contributed by atoms with E-state index >= 15 is 0 Å². The van der Waals surface area contributed by atoms with Gasteiger partial charge in [-0.2, -0.15) is 0 Å². The predicted molar refractivity (Wildman–Crippen MR) is 67.4 cm³/mol. The minimum Gasteiger partial charge on any atom is -0.397 e. The average Bonchev–Trinajstić information content (AvgIpc) is 2.28. The number of halogens is 1.